The van der Waals surface area contributed by atoms with Crippen molar-refractivity contribution in [3.8, 4) is 0 Å². The fourth-order valence-electron chi connectivity index (χ4n) is 3.15. The van der Waals surface area contributed by atoms with E-state index in [4.69, 9.17) is 0 Å². The maximum atomic E-state index is 12.7. The summed E-state index contributed by atoms with van der Waals surface area (Å²) in [6.07, 6.45) is 5.46. The average molecular weight is 304 g/mol. The van der Waals surface area contributed by atoms with Crippen LogP contribution in [0.25, 0.3) is 0 Å². The lowest BCUT2D eigenvalue weighted by molar-refractivity contribution is -0.137. The molecule has 1 saturated carbocycles. The van der Waals surface area contributed by atoms with Crippen LogP contribution in [0.5, 0.6) is 0 Å². The van der Waals surface area contributed by atoms with Gasteiger partial charge in [0.15, 0.2) is 0 Å². The summed E-state index contributed by atoms with van der Waals surface area (Å²) < 4.78 is 0. The van der Waals surface area contributed by atoms with Crippen LogP contribution in [-0.2, 0) is 9.59 Å². The minimum atomic E-state index is -0.307. The van der Waals surface area contributed by atoms with Crippen molar-refractivity contribution in [3.05, 3.63) is 0 Å². The van der Waals surface area contributed by atoms with Gasteiger partial charge in [-0.25, -0.2) is 0 Å². The number of rotatable bonds is 3. The van der Waals surface area contributed by atoms with Crippen molar-refractivity contribution in [1.82, 2.24) is 15.5 Å². The molecule has 2 rings (SSSR count). The third-order valence-corrected chi connectivity index (χ3v) is 4.15. The largest absolute Gasteiger partial charge is 0.344 e. The molecule has 2 aliphatic rings. The van der Waals surface area contributed by atoms with Gasteiger partial charge in [-0.05, 0) is 31.7 Å². The number of carbonyl (C=O) groups excluding carboxylic acids is 2. The molecule has 2 amide bonds. The molecule has 0 bridgehead atoms. The van der Waals surface area contributed by atoms with E-state index in [2.05, 4.69) is 10.6 Å². The maximum Gasteiger partial charge on any atom is 0.245 e. The normalized spacial score (nSPS) is 21.8. The first-order valence-electron chi connectivity index (χ1n) is 7.45. The van der Waals surface area contributed by atoms with E-state index in [9.17, 15) is 9.59 Å². The smallest absolute Gasteiger partial charge is 0.245 e. The Bertz CT molecular complexity index is 324. The van der Waals surface area contributed by atoms with Crippen molar-refractivity contribution in [2.24, 2.45) is 5.92 Å². The molecule has 0 spiro atoms. The van der Waals surface area contributed by atoms with E-state index in [0.29, 0.717) is 5.92 Å². The zero-order valence-corrected chi connectivity index (χ0v) is 13.0. The Morgan fingerprint density at radius 3 is 2.50 bits per heavy atom. The molecule has 1 aliphatic heterocycles. The van der Waals surface area contributed by atoms with Gasteiger partial charge in [-0.15, -0.1) is 12.4 Å². The summed E-state index contributed by atoms with van der Waals surface area (Å²) in [5.41, 5.74) is 0. The van der Waals surface area contributed by atoms with Gasteiger partial charge < -0.3 is 15.5 Å². The molecule has 1 heterocycles. The van der Waals surface area contributed by atoms with Gasteiger partial charge in [0.2, 0.25) is 11.8 Å². The van der Waals surface area contributed by atoms with Gasteiger partial charge in [0.1, 0.15) is 6.04 Å². The highest BCUT2D eigenvalue weighted by molar-refractivity contribution is 5.87. The monoisotopic (exact) mass is 303 g/mol. The minimum Gasteiger partial charge on any atom is -0.344 e. The van der Waals surface area contributed by atoms with Crippen LogP contribution >= 0.6 is 12.4 Å². The standard InChI is InChI=1S/C14H25N3O2.ClH/c1-11(18)16-13(12-5-2-3-6-12)14(19)17-9-4-7-15-8-10-17;/h12-13,15H,2-10H2,1H3,(H,16,18);1H. The Morgan fingerprint density at radius 1 is 1.15 bits per heavy atom. The van der Waals surface area contributed by atoms with Crippen molar-refractivity contribution in [2.75, 3.05) is 26.2 Å². The van der Waals surface area contributed by atoms with E-state index < -0.39 is 0 Å². The van der Waals surface area contributed by atoms with Gasteiger partial charge in [0, 0.05) is 26.6 Å². The van der Waals surface area contributed by atoms with Crippen LogP contribution in [0.4, 0.5) is 0 Å². The SMILES string of the molecule is CC(=O)NC(C(=O)N1CCCNCC1)C1CCCC1.Cl. The van der Waals surface area contributed by atoms with E-state index in [1.54, 1.807) is 0 Å². The number of nitrogens with one attached hydrogen (secondary N) is 2. The van der Waals surface area contributed by atoms with Gasteiger partial charge in [-0.3, -0.25) is 9.59 Å². The Hall–Kier alpha value is -0.810. The van der Waals surface area contributed by atoms with Crippen LogP contribution in [0.1, 0.15) is 39.0 Å². The van der Waals surface area contributed by atoms with E-state index in [1.165, 1.54) is 19.8 Å². The van der Waals surface area contributed by atoms with Crippen molar-refractivity contribution < 1.29 is 9.59 Å². The molecule has 116 valence electrons. The lowest BCUT2D eigenvalue weighted by Gasteiger charge is -2.29. The van der Waals surface area contributed by atoms with Crippen LogP contribution in [0.3, 0.4) is 0 Å². The predicted molar refractivity (Wildman–Crippen MR) is 80.9 cm³/mol. The first-order valence-corrected chi connectivity index (χ1v) is 7.45. The highest BCUT2D eigenvalue weighted by Gasteiger charge is 2.34. The van der Waals surface area contributed by atoms with Gasteiger partial charge in [0.05, 0.1) is 0 Å². The summed E-state index contributed by atoms with van der Waals surface area (Å²) in [5.74, 6) is 0.344. The Labute approximate surface area is 127 Å². The van der Waals surface area contributed by atoms with Gasteiger partial charge >= 0.3 is 0 Å². The van der Waals surface area contributed by atoms with Gasteiger partial charge in [-0.2, -0.15) is 0 Å². The van der Waals surface area contributed by atoms with Gasteiger partial charge in [-0.1, -0.05) is 12.8 Å². The van der Waals surface area contributed by atoms with Crippen molar-refractivity contribution in [3.63, 3.8) is 0 Å². The van der Waals surface area contributed by atoms with Crippen molar-refractivity contribution >= 4 is 24.2 Å². The first-order chi connectivity index (χ1) is 9.18. The minimum absolute atomic E-state index is 0. The summed E-state index contributed by atoms with van der Waals surface area (Å²) in [7, 11) is 0. The Kier molecular flexibility index (Phi) is 7.30. The molecule has 0 radical (unpaired) electrons. The molecule has 1 atom stereocenters. The van der Waals surface area contributed by atoms with Crippen LogP contribution in [0, 0.1) is 5.92 Å². The fraction of sp³-hybridized carbons (Fsp3) is 0.857. The summed E-state index contributed by atoms with van der Waals surface area (Å²) in [4.78, 5) is 25.9. The molecule has 5 nitrogen and oxygen atoms in total. The number of nitrogens with zero attached hydrogens (tertiary/aromatic N) is 1. The number of hydrogen-bond donors (Lipinski definition) is 2. The van der Waals surface area contributed by atoms with Crippen LogP contribution in [-0.4, -0.2) is 48.9 Å². The number of hydrogen-bond acceptors (Lipinski definition) is 3. The summed E-state index contributed by atoms with van der Waals surface area (Å²) in [5, 5.41) is 6.19. The highest BCUT2D eigenvalue weighted by atomic mass is 35.5. The highest BCUT2D eigenvalue weighted by Crippen LogP contribution is 2.28. The molecule has 2 fully saturated rings. The Morgan fingerprint density at radius 2 is 1.85 bits per heavy atom. The second kappa shape index (κ2) is 8.47. The zero-order chi connectivity index (χ0) is 13.7. The van der Waals surface area contributed by atoms with Crippen LogP contribution < -0.4 is 10.6 Å². The molecular formula is C14H26ClN3O2. The second-order valence-electron chi connectivity index (χ2n) is 5.65. The van der Waals surface area contributed by atoms with Crippen LogP contribution in [0.2, 0.25) is 0 Å². The average Bonchev–Trinajstić information content (AvgIpc) is 2.77. The lowest BCUT2D eigenvalue weighted by atomic mass is 9.96. The molecule has 1 saturated heterocycles. The van der Waals surface area contributed by atoms with E-state index in [0.717, 1.165) is 45.4 Å². The maximum absolute atomic E-state index is 12.7. The third kappa shape index (κ3) is 4.63. The van der Waals surface area contributed by atoms with Crippen molar-refractivity contribution in [2.45, 2.75) is 45.1 Å². The third-order valence-electron chi connectivity index (χ3n) is 4.15. The fourth-order valence-corrected chi connectivity index (χ4v) is 3.15. The van der Waals surface area contributed by atoms with Crippen molar-refractivity contribution in [1.29, 1.82) is 0 Å². The quantitative estimate of drug-likeness (QED) is 0.815. The summed E-state index contributed by atoms with van der Waals surface area (Å²) >= 11 is 0. The summed E-state index contributed by atoms with van der Waals surface area (Å²) in [6, 6.07) is -0.307. The van der Waals surface area contributed by atoms with Crippen LogP contribution in [0.15, 0.2) is 0 Å². The summed E-state index contributed by atoms with van der Waals surface area (Å²) in [6.45, 7) is 4.87. The molecule has 20 heavy (non-hydrogen) atoms. The molecule has 2 N–H and O–H groups in total. The van der Waals surface area contributed by atoms with Gasteiger partial charge in [0.25, 0.3) is 0 Å². The zero-order valence-electron chi connectivity index (χ0n) is 12.2. The first kappa shape index (κ1) is 17.2. The Balaban J connectivity index is 0.00000200. The predicted octanol–water partition coefficient (Wildman–Crippen LogP) is 0.925. The topological polar surface area (TPSA) is 61.4 Å². The number of carbonyl (C=O) groups is 2. The molecule has 6 heteroatoms. The number of halogens is 1. The molecule has 1 unspecified atom stereocenters. The molecule has 0 aromatic carbocycles. The lowest BCUT2D eigenvalue weighted by Crippen LogP contribution is -2.52. The van der Waals surface area contributed by atoms with E-state index >= 15 is 0 Å². The number of amides is 2. The molecule has 1 aliphatic carbocycles. The molecule has 0 aromatic rings. The molecule has 0 aromatic heterocycles. The second-order valence-corrected chi connectivity index (χ2v) is 5.65. The van der Waals surface area contributed by atoms with E-state index in [1.807, 2.05) is 4.90 Å². The molecular weight excluding hydrogens is 278 g/mol. The van der Waals surface area contributed by atoms with E-state index in [-0.39, 0.29) is 30.3 Å².